The summed E-state index contributed by atoms with van der Waals surface area (Å²) in [5.41, 5.74) is 4.51. The second-order valence-electron chi connectivity index (χ2n) is 7.21. The van der Waals surface area contributed by atoms with Crippen LogP contribution in [0.3, 0.4) is 0 Å². The van der Waals surface area contributed by atoms with Gasteiger partial charge in [0.15, 0.2) is 5.82 Å². The minimum atomic E-state index is -0.0230. The molecule has 5 nitrogen and oxygen atoms in total. The summed E-state index contributed by atoms with van der Waals surface area (Å²) in [6.45, 7) is 2.06. The predicted molar refractivity (Wildman–Crippen MR) is 117 cm³/mol. The number of anilines is 2. The molecule has 0 bridgehead atoms. The molecule has 0 aliphatic rings. The minimum absolute atomic E-state index is 0.0230. The number of carbonyl (C=O) groups excluding carboxylic acids is 1. The number of fused-ring (bicyclic) bond motifs is 1. The number of benzene rings is 3. The number of rotatable bonds is 4. The van der Waals surface area contributed by atoms with E-state index in [0.29, 0.717) is 11.4 Å². The number of amides is 1. The Bertz CT molecular complexity index is 1180. The summed E-state index contributed by atoms with van der Waals surface area (Å²) in [5, 5.41) is 14.3. The lowest BCUT2D eigenvalue weighted by Gasteiger charge is -2.13. The van der Waals surface area contributed by atoms with E-state index in [9.17, 15) is 4.79 Å². The highest BCUT2D eigenvalue weighted by Crippen LogP contribution is 2.31. The molecule has 0 spiro atoms. The van der Waals surface area contributed by atoms with Gasteiger partial charge in [0.2, 0.25) is 0 Å². The summed E-state index contributed by atoms with van der Waals surface area (Å²) < 4.78 is 0. The number of nitrogens with zero attached hydrogens (tertiary/aromatic N) is 3. The van der Waals surface area contributed by atoms with Gasteiger partial charge in [0, 0.05) is 41.7 Å². The van der Waals surface area contributed by atoms with Gasteiger partial charge in [-0.05, 0) is 36.8 Å². The average molecular weight is 382 g/mol. The van der Waals surface area contributed by atoms with Crippen molar-refractivity contribution >= 4 is 28.2 Å². The van der Waals surface area contributed by atoms with Gasteiger partial charge in [-0.1, -0.05) is 48.5 Å². The highest BCUT2D eigenvalue weighted by molar-refractivity contribution is 6.01. The first-order valence-electron chi connectivity index (χ1n) is 9.44. The van der Waals surface area contributed by atoms with Gasteiger partial charge in [-0.2, -0.15) is 0 Å². The molecule has 0 unspecified atom stereocenters. The van der Waals surface area contributed by atoms with E-state index in [1.54, 1.807) is 19.0 Å². The molecular formula is C24H22N4O. The summed E-state index contributed by atoms with van der Waals surface area (Å²) in [5.74, 6) is 0.694. The number of hydrogen-bond donors (Lipinski definition) is 1. The summed E-state index contributed by atoms with van der Waals surface area (Å²) >= 11 is 0. The standard InChI is InChI=1S/C24H22N4O/c1-16-7-6-8-19(15-16)25-23-21-10-5-4-9-20(21)22(26-27-23)17-11-13-18(14-12-17)24(29)28(2)3/h4-15H,1-3H3,(H,25,27). The molecule has 0 atom stereocenters. The van der Waals surface area contributed by atoms with Crippen LogP contribution in [0.4, 0.5) is 11.5 Å². The molecule has 0 fully saturated rings. The van der Waals surface area contributed by atoms with Crippen LogP contribution in [0.1, 0.15) is 15.9 Å². The van der Waals surface area contributed by atoms with Crippen molar-refractivity contribution in [1.29, 1.82) is 0 Å². The van der Waals surface area contributed by atoms with Crippen molar-refractivity contribution in [1.82, 2.24) is 15.1 Å². The smallest absolute Gasteiger partial charge is 0.253 e. The van der Waals surface area contributed by atoms with E-state index in [2.05, 4.69) is 34.6 Å². The highest BCUT2D eigenvalue weighted by Gasteiger charge is 2.13. The van der Waals surface area contributed by atoms with Crippen LogP contribution in [0, 0.1) is 6.92 Å². The van der Waals surface area contributed by atoms with Gasteiger partial charge in [-0.3, -0.25) is 4.79 Å². The molecule has 4 rings (SSSR count). The molecule has 0 saturated heterocycles. The maximum Gasteiger partial charge on any atom is 0.253 e. The van der Waals surface area contributed by atoms with E-state index in [0.717, 1.165) is 27.7 Å². The summed E-state index contributed by atoms with van der Waals surface area (Å²) in [6, 6.07) is 23.7. The van der Waals surface area contributed by atoms with Gasteiger partial charge >= 0.3 is 0 Å². The van der Waals surface area contributed by atoms with Crippen molar-refractivity contribution in [3.05, 3.63) is 83.9 Å². The topological polar surface area (TPSA) is 58.1 Å². The molecule has 144 valence electrons. The Morgan fingerprint density at radius 2 is 1.59 bits per heavy atom. The van der Waals surface area contributed by atoms with Crippen LogP contribution in [0.5, 0.6) is 0 Å². The van der Waals surface area contributed by atoms with E-state index in [-0.39, 0.29) is 5.91 Å². The molecule has 3 aromatic carbocycles. The second-order valence-corrected chi connectivity index (χ2v) is 7.21. The van der Waals surface area contributed by atoms with Crippen molar-refractivity contribution in [3.8, 4) is 11.3 Å². The molecule has 4 aromatic rings. The first-order chi connectivity index (χ1) is 14.0. The van der Waals surface area contributed by atoms with E-state index in [4.69, 9.17) is 0 Å². The Hall–Kier alpha value is -3.73. The van der Waals surface area contributed by atoms with E-state index >= 15 is 0 Å². The molecule has 1 N–H and O–H groups in total. The predicted octanol–water partition coefficient (Wildman–Crippen LogP) is 5.05. The zero-order chi connectivity index (χ0) is 20.4. The van der Waals surface area contributed by atoms with Crippen molar-refractivity contribution in [2.75, 3.05) is 19.4 Å². The van der Waals surface area contributed by atoms with Crippen molar-refractivity contribution in [2.24, 2.45) is 0 Å². The fourth-order valence-corrected chi connectivity index (χ4v) is 3.30. The quantitative estimate of drug-likeness (QED) is 0.536. The Labute approximate surface area is 170 Å². The van der Waals surface area contributed by atoms with Gasteiger partial charge in [-0.15, -0.1) is 10.2 Å². The van der Waals surface area contributed by atoms with Gasteiger partial charge in [-0.25, -0.2) is 0 Å². The molecule has 1 aromatic heterocycles. The van der Waals surface area contributed by atoms with Crippen LogP contribution in [0.15, 0.2) is 72.8 Å². The number of nitrogens with one attached hydrogen (secondary N) is 1. The van der Waals surface area contributed by atoms with Crippen molar-refractivity contribution in [3.63, 3.8) is 0 Å². The Kier molecular flexibility index (Phi) is 4.96. The monoisotopic (exact) mass is 382 g/mol. The van der Waals surface area contributed by atoms with Gasteiger partial charge in [0.05, 0.1) is 0 Å². The molecule has 0 aliphatic heterocycles. The van der Waals surface area contributed by atoms with Crippen molar-refractivity contribution in [2.45, 2.75) is 6.92 Å². The molecule has 5 heteroatoms. The van der Waals surface area contributed by atoms with Crippen LogP contribution in [-0.4, -0.2) is 35.1 Å². The maximum atomic E-state index is 12.1. The molecule has 0 radical (unpaired) electrons. The van der Waals surface area contributed by atoms with E-state index < -0.39 is 0 Å². The lowest BCUT2D eigenvalue weighted by molar-refractivity contribution is 0.0827. The van der Waals surface area contributed by atoms with Crippen molar-refractivity contribution < 1.29 is 4.79 Å². The Balaban J connectivity index is 1.74. The fraction of sp³-hybridized carbons (Fsp3) is 0.125. The summed E-state index contributed by atoms with van der Waals surface area (Å²) in [6.07, 6.45) is 0. The van der Waals surface area contributed by atoms with E-state index in [1.165, 1.54) is 5.56 Å². The zero-order valence-corrected chi connectivity index (χ0v) is 16.7. The number of aryl methyl sites for hydroxylation is 1. The fourth-order valence-electron chi connectivity index (χ4n) is 3.30. The Morgan fingerprint density at radius 3 is 2.28 bits per heavy atom. The third kappa shape index (κ3) is 3.80. The third-order valence-corrected chi connectivity index (χ3v) is 4.78. The van der Waals surface area contributed by atoms with Crippen LogP contribution in [0.25, 0.3) is 22.0 Å². The van der Waals surface area contributed by atoms with Gasteiger partial charge < -0.3 is 10.2 Å². The highest BCUT2D eigenvalue weighted by atomic mass is 16.2. The number of hydrogen-bond acceptors (Lipinski definition) is 4. The molecule has 1 heterocycles. The lowest BCUT2D eigenvalue weighted by atomic mass is 10.0. The number of carbonyl (C=O) groups is 1. The number of aromatic nitrogens is 2. The van der Waals surface area contributed by atoms with Crippen LogP contribution < -0.4 is 5.32 Å². The van der Waals surface area contributed by atoms with Crippen LogP contribution in [0.2, 0.25) is 0 Å². The normalized spacial score (nSPS) is 10.7. The zero-order valence-electron chi connectivity index (χ0n) is 16.7. The largest absolute Gasteiger partial charge is 0.345 e. The molecule has 0 aliphatic carbocycles. The summed E-state index contributed by atoms with van der Waals surface area (Å²) in [7, 11) is 3.49. The second kappa shape index (κ2) is 7.72. The summed E-state index contributed by atoms with van der Waals surface area (Å²) in [4.78, 5) is 13.7. The molecule has 0 saturated carbocycles. The Morgan fingerprint density at radius 1 is 0.862 bits per heavy atom. The minimum Gasteiger partial charge on any atom is -0.345 e. The van der Waals surface area contributed by atoms with E-state index in [1.807, 2.05) is 60.7 Å². The molecule has 1 amide bonds. The SMILES string of the molecule is Cc1cccc(Nc2nnc(-c3ccc(C(=O)N(C)C)cc3)c3ccccc23)c1. The van der Waals surface area contributed by atoms with Gasteiger partial charge in [0.25, 0.3) is 5.91 Å². The molecule has 29 heavy (non-hydrogen) atoms. The van der Waals surface area contributed by atoms with Crippen LogP contribution >= 0.6 is 0 Å². The first kappa shape index (κ1) is 18.6. The van der Waals surface area contributed by atoms with Gasteiger partial charge in [0.1, 0.15) is 5.69 Å². The lowest BCUT2D eigenvalue weighted by Crippen LogP contribution is -2.21. The third-order valence-electron chi connectivity index (χ3n) is 4.78. The maximum absolute atomic E-state index is 12.1. The molecular weight excluding hydrogens is 360 g/mol. The first-order valence-corrected chi connectivity index (χ1v) is 9.44. The van der Waals surface area contributed by atoms with Crippen LogP contribution in [-0.2, 0) is 0 Å². The average Bonchev–Trinajstić information content (AvgIpc) is 2.74.